The van der Waals surface area contributed by atoms with Crippen LogP contribution in [0.2, 0.25) is 0 Å². The van der Waals surface area contributed by atoms with Crippen LogP contribution in [0, 0.1) is 11.8 Å². The fraction of sp³-hybridized carbons (Fsp3) is 0.375. The normalized spacial score (nSPS) is 21.4. The summed E-state index contributed by atoms with van der Waals surface area (Å²) >= 11 is 0. The van der Waals surface area contributed by atoms with Crippen molar-refractivity contribution in [1.82, 2.24) is 9.88 Å². The maximum atomic E-state index is 13.0. The van der Waals surface area contributed by atoms with E-state index in [9.17, 15) is 22.8 Å². The number of likely N-dealkylation sites (tertiary alicyclic amines) is 1. The average Bonchev–Trinajstić information content (AvgIpc) is 3.11. The molecule has 1 saturated heterocycles. The van der Waals surface area contributed by atoms with Gasteiger partial charge in [0.15, 0.2) is 0 Å². The summed E-state index contributed by atoms with van der Waals surface area (Å²) in [5.74, 6) is -5.67. The van der Waals surface area contributed by atoms with Gasteiger partial charge in [-0.2, -0.15) is 13.2 Å². The molecular formula is C16H15F3N2O3. The Kier molecular flexibility index (Phi) is 3.98. The predicted molar refractivity (Wildman–Crippen MR) is 79.3 cm³/mol. The molecule has 0 radical (unpaired) electrons. The number of carboxylic acid groups (broad SMARTS) is 1. The molecule has 24 heavy (non-hydrogen) atoms. The number of aliphatic carboxylic acids is 1. The van der Waals surface area contributed by atoms with Crippen LogP contribution in [0.1, 0.15) is 5.56 Å². The van der Waals surface area contributed by atoms with Crippen LogP contribution in [-0.4, -0.2) is 46.1 Å². The van der Waals surface area contributed by atoms with E-state index < -0.39 is 43.0 Å². The second kappa shape index (κ2) is 5.85. The van der Waals surface area contributed by atoms with Gasteiger partial charge in [-0.1, -0.05) is 18.2 Å². The molecule has 2 N–H and O–H groups in total. The van der Waals surface area contributed by atoms with Gasteiger partial charge in [0.1, 0.15) is 0 Å². The molecule has 1 amide bonds. The number of fused-ring (bicyclic) bond motifs is 1. The zero-order chi connectivity index (χ0) is 17.5. The molecule has 2 atom stereocenters. The van der Waals surface area contributed by atoms with Crippen LogP contribution in [0.25, 0.3) is 10.9 Å². The van der Waals surface area contributed by atoms with E-state index in [4.69, 9.17) is 5.11 Å². The van der Waals surface area contributed by atoms with E-state index in [2.05, 4.69) is 4.98 Å². The number of carbonyl (C=O) groups excluding carboxylic acids is 1. The minimum absolute atomic E-state index is 0.0685. The van der Waals surface area contributed by atoms with Crippen molar-refractivity contribution in [1.29, 1.82) is 0 Å². The number of hydrogen-bond acceptors (Lipinski definition) is 2. The number of H-pyrrole nitrogens is 1. The first-order chi connectivity index (χ1) is 11.3. The van der Waals surface area contributed by atoms with Crippen LogP contribution in [0.15, 0.2) is 30.5 Å². The maximum absolute atomic E-state index is 13.0. The molecule has 8 heteroatoms. The molecule has 1 fully saturated rings. The summed E-state index contributed by atoms with van der Waals surface area (Å²) in [6.07, 6.45) is -3.06. The van der Waals surface area contributed by atoms with Crippen molar-refractivity contribution in [2.45, 2.75) is 12.6 Å². The number of benzene rings is 1. The number of aromatic amines is 1. The third-order valence-corrected chi connectivity index (χ3v) is 4.43. The summed E-state index contributed by atoms with van der Waals surface area (Å²) in [4.78, 5) is 27.4. The molecule has 0 saturated carbocycles. The third-order valence-electron chi connectivity index (χ3n) is 4.43. The Morgan fingerprint density at radius 3 is 2.58 bits per heavy atom. The number of alkyl halides is 3. The van der Waals surface area contributed by atoms with Crippen molar-refractivity contribution in [3.8, 4) is 0 Å². The Labute approximate surface area is 135 Å². The number of hydrogen-bond donors (Lipinski definition) is 2. The van der Waals surface area contributed by atoms with Gasteiger partial charge in [0.25, 0.3) is 0 Å². The fourth-order valence-corrected chi connectivity index (χ4v) is 3.14. The molecule has 0 unspecified atom stereocenters. The number of rotatable bonds is 3. The summed E-state index contributed by atoms with van der Waals surface area (Å²) < 4.78 is 39.0. The van der Waals surface area contributed by atoms with Crippen LogP contribution in [-0.2, 0) is 16.0 Å². The molecule has 1 aromatic heterocycles. The largest absolute Gasteiger partial charge is 0.481 e. The van der Waals surface area contributed by atoms with Crippen molar-refractivity contribution in [2.24, 2.45) is 11.8 Å². The minimum atomic E-state index is -4.64. The topological polar surface area (TPSA) is 73.4 Å². The molecule has 0 aliphatic carbocycles. The van der Waals surface area contributed by atoms with Crippen molar-refractivity contribution in [3.05, 3.63) is 36.0 Å². The van der Waals surface area contributed by atoms with Gasteiger partial charge in [-0.25, -0.2) is 0 Å². The van der Waals surface area contributed by atoms with Gasteiger partial charge in [0, 0.05) is 30.2 Å². The van der Waals surface area contributed by atoms with Crippen molar-refractivity contribution in [2.75, 3.05) is 13.1 Å². The lowest BCUT2D eigenvalue weighted by molar-refractivity contribution is -0.188. The number of nitrogens with one attached hydrogen (secondary N) is 1. The minimum Gasteiger partial charge on any atom is -0.481 e. The van der Waals surface area contributed by atoms with Gasteiger partial charge in [-0.15, -0.1) is 0 Å². The van der Waals surface area contributed by atoms with E-state index in [1.165, 1.54) is 0 Å². The van der Waals surface area contributed by atoms with Gasteiger partial charge in [0.05, 0.1) is 18.3 Å². The summed E-state index contributed by atoms with van der Waals surface area (Å²) in [6, 6.07) is 7.28. The highest BCUT2D eigenvalue weighted by atomic mass is 19.4. The van der Waals surface area contributed by atoms with Crippen LogP contribution >= 0.6 is 0 Å². The van der Waals surface area contributed by atoms with E-state index >= 15 is 0 Å². The Morgan fingerprint density at radius 2 is 1.96 bits per heavy atom. The second-order valence-corrected chi connectivity index (χ2v) is 5.93. The summed E-state index contributed by atoms with van der Waals surface area (Å²) in [7, 11) is 0. The van der Waals surface area contributed by atoms with Crippen LogP contribution < -0.4 is 0 Å². The third kappa shape index (κ3) is 2.95. The first kappa shape index (κ1) is 16.4. The molecule has 0 bridgehead atoms. The monoisotopic (exact) mass is 340 g/mol. The van der Waals surface area contributed by atoms with Gasteiger partial charge < -0.3 is 15.0 Å². The standard InChI is InChI=1S/C16H15F3N2O3/c17-16(18,19)12-8-21(7-11(12)15(23)24)14(22)5-9-6-20-13-4-2-1-3-10(9)13/h1-4,6,11-12,20H,5,7-8H2,(H,23,24)/t11-,12-/m1/s1. The molecule has 2 aromatic rings. The van der Waals surface area contributed by atoms with E-state index in [0.29, 0.717) is 5.56 Å². The quantitative estimate of drug-likeness (QED) is 0.901. The molecular weight excluding hydrogens is 325 g/mol. The summed E-state index contributed by atoms with van der Waals surface area (Å²) in [5.41, 5.74) is 1.51. The van der Waals surface area contributed by atoms with Crippen molar-refractivity contribution >= 4 is 22.8 Å². The van der Waals surface area contributed by atoms with Crippen LogP contribution in [0.4, 0.5) is 13.2 Å². The molecule has 1 aliphatic heterocycles. The maximum Gasteiger partial charge on any atom is 0.394 e. The molecule has 1 aliphatic rings. The number of carbonyl (C=O) groups is 2. The van der Waals surface area contributed by atoms with Crippen LogP contribution in [0.3, 0.4) is 0 Å². The van der Waals surface area contributed by atoms with Gasteiger partial charge >= 0.3 is 12.1 Å². The zero-order valence-corrected chi connectivity index (χ0v) is 12.5. The Balaban J connectivity index is 1.77. The van der Waals surface area contributed by atoms with Crippen molar-refractivity contribution in [3.63, 3.8) is 0 Å². The number of aromatic nitrogens is 1. The summed E-state index contributed by atoms with van der Waals surface area (Å²) in [5, 5.41) is 9.83. The van der Waals surface area contributed by atoms with E-state index in [0.717, 1.165) is 15.8 Å². The molecule has 0 spiro atoms. The Hall–Kier alpha value is -2.51. The van der Waals surface area contributed by atoms with Gasteiger partial charge in [-0.3, -0.25) is 9.59 Å². The number of carboxylic acids is 1. The first-order valence-corrected chi connectivity index (χ1v) is 7.39. The van der Waals surface area contributed by atoms with Crippen molar-refractivity contribution < 1.29 is 27.9 Å². The fourth-order valence-electron chi connectivity index (χ4n) is 3.14. The van der Waals surface area contributed by atoms with E-state index in [-0.39, 0.29) is 6.42 Å². The highest BCUT2D eigenvalue weighted by Crippen LogP contribution is 2.38. The molecule has 128 valence electrons. The average molecular weight is 340 g/mol. The molecule has 1 aromatic carbocycles. The molecule has 5 nitrogen and oxygen atoms in total. The Morgan fingerprint density at radius 1 is 1.25 bits per heavy atom. The lowest BCUT2D eigenvalue weighted by atomic mass is 9.96. The van der Waals surface area contributed by atoms with E-state index in [1.54, 1.807) is 12.3 Å². The zero-order valence-electron chi connectivity index (χ0n) is 12.5. The Bertz CT molecular complexity index is 784. The van der Waals surface area contributed by atoms with E-state index in [1.807, 2.05) is 18.2 Å². The first-order valence-electron chi connectivity index (χ1n) is 7.39. The van der Waals surface area contributed by atoms with Crippen LogP contribution in [0.5, 0.6) is 0 Å². The lowest BCUT2D eigenvalue weighted by Crippen LogP contribution is -2.34. The van der Waals surface area contributed by atoms with Gasteiger partial charge in [0.2, 0.25) is 5.91 Å². The molecule has 2 heterocycles. The predicted octanol–water partition coefficient (Wildman–Crippen LogP) is 2.43. The lowest BCUT2D eigenvalue weighted by Gasteiger charge is -2.18. The smallest absolute Gasteiger partial charge is 0.394 e. The highest BCUT2D eigenvalue weighted by Gasteiger charge is 2.53. The number of halogens is 3. The number of amides is 1. The second-order valence-electron chi connectivity index (χ2n) is 5.93. The number of para-hydroxylation sites is 1. The molecule has 3 rings (SSSR count). The van der Waals surface area contributed by atoms with Gasteiger partial charge in [-0.05, 0) is 11.6 Å². The summed E-state index contributed by atoms with van der Waals surface area (Å²) in [6.45, 7) is -1.03. The highest BCUT2D eigenvalue weighted by molar-refractivity contribution is 5.89. The number of nitrogens with zero attached hydrogens (tertiary/aromatic N) is 1. The SMILES string of the molecule is O=C(O)[C@@H]1CN(C(=O)Cc2c[nH]c3ccccc23)C[C@H]1C(F)(F)F.